The number of morpholine rings is 1. The van der Waals surface area contributed by atoms with Crippen molar-refractivity contribution in [3.63, 3.8) is 0 Å². The van der Waals surface area contributed by atoms with Crippen LogP contribution in [0.1, 0.15) is 24.2 Å². The van der Waals surface area contributed by atoms with Crippen LogP contribution in [0.15, 0.2) is 24.3 Å². The Morgan fingerprint density at radius 2 is 2.14 bits per heavy atom. The number of nitrogens with one attached hydrogen (secondary N) is 1. The van der Waals surface area contributed by atoms with Gasteiger partial charge in [-0.15, -0.1) is 0 Å². The maximum atomic E-state index is 13.1. The molecular formula is C15H19F3N2O2. The number of carbonyl (C=O) groups is 1. The zero-order valence-corrected chi connectivity index (χ0v) is 12.3. The van der Waals surface area contributed by atoms with E-state index in [1.807, 2.05) is 11.8 Å². The lowest BCUT2D eigenvalue weighted by Crippen LogP contribution is -2.44. The summed E-state index contributed by atoms with van der Waals surface area (Å²) in [4.78, 5) is 13.4. The van der Waals surface area contributed by atoms with Crippen LogP contribution >= 0.6 is 0 Å². The Bertz CT molecular complexity index is 520. The van der Waals surface area contributed by atoms with E-state index < -0.39 is 17.8 Å². The number of carbonyl (C=O) groups excluding carboxylic acids is 1. The predicted octanol–water partition coefficient (Wildman–Crippen LogP) is 2.21. The zero-order chi connectivity index (χ0) is 16.2. The van der Waals surface area contributed by atoms with Crippen molar-refractivity contribution < 1.29 is 22.7 Å². The molecule has 0 radical (unpaired) electrons. The van der Waals surface area contributed by atoms with Gasteiger partial charge >= 0.3 is 6.18 Å². The van der Waals surface area contributed by atoms with Gasteiger partial charge < -0.3 is 10.1 Å². The van der Waals surface area contributed by atoms with Gasteiger partial charge in [-0.05, 0) is 18.6 Å². The molecule has 1 heterocycles. The van der Waals surface area contributed by atoms with Crippen molar-refractivity contribution in [2.75, 3.05) is 32.8 Å². The Morgan fingerprint density at radius 1 is 1.41 bits per heavy atom. The fraction of sp³-hybridized carbons (Fsp3) is 0.533. The monoisotopic (exact) mass is 316 g/mol. The Labute approximate surface area is 127 Å². The molecule has 7 heteroatoms. The number of halogens is 3. The second kappa shape index (κ2) is 7.11. The molecule has 0 saturated carbocycles. The Morgan fingerprint density at radius 3 is 2.82 bits per heavy atom. The topological polar surface area (TPSA) is 41.6 Å². The van der Waals surface area contributed by atoms with Crippen LogP contribution in [0.4, 0.5) is 13.2 Å². The molecule has 1 atom stereocenters. The van der Waals surface area contributed by atoms with Crippen LogP contribution < -0.4 is 5.32 Å². The van der Waals surface area contributed by atoms with Crippen molar-refractivity contribution in [2.45, 2.75) is 19.2 Å². The molecule has 122 valence electrons. The molecule has 0 aliphatic carbocycles. The SMILES string of the molecule is CCNC(=O)CN1CCO[C@@H](c2ccccc2C(F)(F)F)C1. The van der Waals surface area contributed by atoms with Gasteiger partial charge in [0.05, 0.1) is 24.8 Å². The van der Waals surface area contributed by atoms with Gasteiger partial charge in [0.2, 0.25) is 5.91 Å². The highest BCUT2D eigenvalue weighted by atomic mass is 19.4. The van der Waals surface area contributed by atoms with Crippen molar-refractivity contribution in [1.82, 2.24) is 10.2 Å². The predicted molar refractivity (Wildman–Crippen MR) is 75.3 cm³/mol. The zero-order valence-electron chi connectivity index (χ0n) is 12.3. The molecule has 1 aromatic carbocycles. The molecule has 1 aliphatic heterocycles. The van der Waals surface area contributed by atoms with Crippen molar-refractivity contribution in [1.29, 1.82) is 0 Å². The minimum absolute atomic E-state index is 0.121. The average Bonchev–Trinajstić information content (AvgIpc) is 2.47. The highest BCUT2D eigenvalue weighted by molar-refractivity contribution is 5.77. The number of rotatable bonds is 4. The summed E-state index contributed by atoms with van der Waals surface area (Å²) in [7, 11) is 0. The van der Waals surface area contributed by atoms with Crippen LogP contribution in [0.25, 0.3) is 0 Å². The fourth-order valence-corrected chi connectivity index (χ4v) is 2.53. The fourth-order valence-electron chi connectivity index (χ4n) is 2.53. The summed E-state index contributed by atoms with van der Waals surface area (Å²) in [5.41, 5.74) is -0.560. The molecule has 1 aromatic rings. The number of benzene rings is 1. The van der Waals surface area contributed by atoms with Gasteiger partial charge in [0.1, 0.15) is 0 Å². The van der Waals surface area contributed by atoms with Crippen LogP contribution in [0.3, 0.4) is 0 Å². The molecule has 1 fully saturated rings. The van der Waals surface area contributed by atoms with E-state index in [0.717, 1.165) is 6.07 Å². The maximum Gasteiger partial charge on any atom is 0.416 e. The van der Waals surface area contributed by atoms with Crippen LogP contribution in [0, 0.1) is 0 Å². The van der Waals surface area contributed by atoms with E-state index in [9.17, 15) is 18.0 Å². The number of likely N-dealkylation sites (N-methyl/N-ethyl adjacent to an activating group) is 1. The number of amides is 1. The van der Waals surface area contributed by atoms with E-state index in [1.54, 1.807) is 6.07 Å². The summed E-state index contributed by atoms with van der Waals surface area (Å²) in [6, 6.07) is 5.42. The lowest BCUT2D eigenvalue weighted by atomic mass is 10.0. The molecule has 1 saturated heterocycles. The number of hydrogen-bond donors (Lipinski definition) is 1. The first kappa shape index (κ1) is 16.8. The van der Waals surface area contributed by atoms with E-state index in [2.05, 4.69) is 5.32 Å². The van der Waals surface area contributed by atoms with E-state index in [4.69, 9.17) is 4.74 Å². The normalized spacial score (nSPS) is 19.9. The van der Waals surface area contributed by atoms with E-state index in [0.29, 0.717) is 19.7 Å². The molecule has 1 N–H and O–H groups in total. The van der Waals surface area contributed by atoms with Crippen molar-refractivity contribution in [3.05, 3.63) is 35.4 Å². The smallest absolute Gasteiger partial charge is 0.371 e. The van der Waals surface area contributed by atoms with Gasteiger partial charge in [0, 0.05) is 19.6 Å². The first-order chi connectivity index (χ1) is 10.4. The third-order valence-electron chi connectivity index (χ3n) is 3.50. The second-order valence-electron chi connectivity index (χ2n) is 5.13. The summed E-state index contributed by atoms with van der Waals surface area (Å²) >= 11 is 0. The summed E-state index contributed by atoms with van der Waals surface area (Å²) in [5, 5.41) is 2.68. The third-order valence-corrected chi connectivity index (χ3v) is 3.50. The molecule has 0 unspecified atom stereocenters. The third kappa shape index (κ3) is 4.20. The Hall–Kier alpha value is -1.60. The van der Waals surface area contributed by atoms with Crippen molar-refractivity contribution in [3.8, 4) is 0 Å². The van der Waals surface area contributed by atoms with E-state index in [-0.39, 0.29) is 24.6 Å². The Kier molecular flexibility index (Phi) is 5.42. The summed E-state index contributed by atoms with van der Waals surface area (Å²) < 4.78 is 44.7. The standard InChI is InChI=1S/C15H19F3N2O2/c1-2-19-14(21)10-20-7-8-22-13(9-20)11-5-3-4-6-12(11)15(16,17)18/h3-6,13H,2,7-10H2,1H3,(H,19,21)/t13-/m1/s1. The largest absolute Gasteiger partial charge is 0.416 e. The average molecular weight is 316 g/mol. The highest BCUT2D eigenvalue weighted by Crippen LogP contribution is 2.36. The van der Waals surface area contributed by atoms with Gasteiger partial charge in [-0.1, -0.05) is 18.2 Å². The van der Waals surface area contributed by atoms with Crippen molar-refractivity contribution in [2.24, 2.45) is 0 Å². The van der Waals surface area contributed by atoms with E-state index in [1.165, 1.54) is 12.1 Å². The van der Waals surface area contributed by atoms with Crippen LogP contribution in [-0.2, 0) is 15.7 Å². The summed E-state index contributed by atoms with van der Waals surface area (Å²) in [5.74, 6) is -0.132. The molecule has 0 aromatic heterocycles. The van der Waals surface area contributed by atoms with Gasteiger partial charge in [0.25, 0.3) is 0 Å². The van der Waals surface area contributed by atoms with Gasteiger partial charge in [0.15, 0.2) is 0 Å². The number of hydrogen-bond acceptors (Lipinski definition) is 3. The molecule has 22 heavy (non-hydrogen) atoms. The molecule has 0 spiro atoms. The van der Waals surface area contributed by atoms with Gasteiger partial charge in [-0.25, -0.2) is 0 Å². The lowest BCUT2D eigenvalue weighted by Gasteiger charge is -2.33. The minimum atomic E-state index is -4.41. The van der Waals surface area contributed by atoms with Crippen LogP contribution in [-0.4, -0.2) is 43.6 Å². The molecule has 1 amide bonds. The lowest BCUT2D eigenvalue weighted by molar-refractivity contribution is -0.141. The first-order valence-electron chi connectivity index (χ1n) is 7.18. The van der Waals surface area contributed by atoms with Crippen LogP contribution in [0.2, 0.25) is 0 Å². The minimum Gasteiger partial charge on any atom is -0.371 e. The van der Waals surface area contributed by atoms with E-state index >= 15 is 0 Å². The summed E-state index contributed by atoms with van der Waals surface area (Å²) in [6.45, 7) is 3.62. The number of ether oxygens (including phenoxy) is 1. The van der Waals surface area contributed by atoms with Crippen molar-refractivity contribution >= 4 is 5.91 Å². The molecule has 4 nitrogen and oxygen atoms in total. The molecular weight excluding hydrogens is 297 g/mol. The van der Waals surface area contributed by atoms with Crippen LogP contribution in [0.5, 0.6) is 0 Å². The maximum absolute atomic E-state index is 13.1. The molecule has 0 bridgehead atoms. The first-order valence-corrected chi connectivity index (χ1v) is 7.18. The van der Waals surface area contributed by atoms with Gasteiger partial charge in [-0.2, -0.15) is 13.2 Å². The number of nitrogens with zero attached hydrogens (tertiary/aromatic N) is 1. The second-order valence-corrected chi connectivity index (χ2v) is 5.13. The highest BCUT2D eigenvalue weighted by Gasteiger charge is 2.36. The number of alkyl halides is 3. The molecule has 1 aliphatic rings. The Balaban J connectivity index is 2.11. The van der Waals surface area contributed by atoms with Gasteiger partial charge in [-0.3, -0.25) is 9.69 Å². The molecule has 2 rings (SSSR count). The quantitative estimate of drug-likeness (QED) is 0.926. The summed E-state index contributed by atoms with van der Waals surface area (Å²) in [6.07, 6.45) is -5.09.